The van der Waals surface area contributed by atoms with Crippen molar-refractivity contribution < 1.29 is 18.0 Å². The van der Waals surface area contributed by atoms with Crippen LogP contribution in [0.5, 0.6) is 0 Å². The van der Waals surface area contributed by atoms with Gasteiger partial charge in [-0.25, -0.2) is 0 Å². The van der Waals surface area contributed by atoms with Crippen LogP contribution in [0.1, 0.15) is 38.5 Å². The van der Waals surface area contributed by atoms with Crippen LogP contribution in [0.3, 0.4) is 0 Å². The van der Waals surface area contributed by atoms with E-state index in [2.05, 4.69) is 20.1 Å². The van der Waals surface area contributed by atoms with Crippen LogP contribution in [0.15, 0.2) is 4.99 Å². The van der Waals surface area contributed by atoms with Crippen molar-refractivity contribution in [3.8, 4) is 0 Å². The van der Waals surface area contributed by atoms with Crippen molar-refractivity contribution in [2.45, 2.75) is 44.7 Å². The Hall–Kier alpha value is -0.780. The maximum absolute atomic E-state index is 12.4. The number of halogens is 4. The van der Waals surface area contributed by atoms with Crippen LogP contribution < -0.4 is 5.32 Å². The molecule has 2 rings (SSSR count). The smallest absolute Gasteiger partial charge is 0.356 e. The summed E-state index contributed by atoms with van der Waals surface area (Å²) in [5.74, 6) is 0.944. The number of nitrogens with one attached hydrogen (secondary N) is 1. The second kappa shape index (κ2) is 12.7. The van der Waals surface area contributed by atoms with E-state index in [1.807, 2.05) is 4.90 Å². The highest BCUT2D eigenvalue weighted by Crippen LogP contribution is 2.21. The number of carbonyl (C=O) groups excluding carboxylic acids is 1. The second-order valence-corrected chi connectivity index (χ2v) is 7.25. The van der Waals surface area contributed by atoms with E-state index in [1.54, 1.807) is 7.05 Å². The van der Waals surface area contributed by atoms with Crippen molar-refractivity contribution in [3.63, 3.8) is 0 Å². The number of likely N-dealkylation sites (tertiary alicyclic amines) is 1. The number of piperidine rings is 1. The third-order valence-electron chi connectivity index (χ3n) is 5.12. The molecule has 6 nitrogen and oxygen atoms in total. The number of hydrogen-bond acceptors (Lipinski definition) is 3. The van der Waals surface area contributed by atoms with E-state index in [4.69, 9.17) is 0 Å². The van der Waals surface area contributed by atoms with Gasteiger partial charge in [-0.05, 0) is 32.1 Å². The van der Waals surface area contributed by atoms with E-state index in [0.717, 1.165) is 58.1 Å². The third-order valence-corrected chi connectivity index (χ3v) is 5.12. The molecule has 2 aliphatic rings. The van der Waals surface area contributed by atoms with E-state index in [9.17, 15) is 18.0 Å². The van der Waals surface area contributed by atoms with Gasteiger partial charge in [0.25, 0.3) is 0 Å². The van der Waals surface area contributed by atoms with Crippen LogP contribution in [0.4, 0.5) is 13.2 Å². The molecule has 1 N–H and O–H groups in total. The minimum absolute atomic E-state index is 0. The van der Waals surface area contributed by atoms with Gasteiger partial charge in [-0.3, -0.25) is 14.7 Å². The second-order valence-electron chi connectivity index (χ2n) is 7.25. The minimum atomic E-state index is -4.08. The first-order valence-corrected chi connectivity index (χ1v) is 9.91. The Bertz CT molecular complexity index is 490. The van der Waals surface area contributed by atoms with Gasteiger partial charge in [-0.1, -0.05) is 0 Å². The summed E-state index contributed by atoms with van der Waals surface area (Å²) in [5, 5.41) is 3.15. The summed E-state index contributed by atoms with van der Waals surface area (Å²) >= 11 is 0. The Labute approximate surface area is 182 Å². The zero-order chi connectivity index (χ0) is 19.7. The van der Waals surface area contributed by atoms with Gasteiger partial charge in [0.2, 0.25) is 5.91 Å². The first-order valence-electron chi connectivity index (χ1n) is 9.91. The standard InChI is InChI=1S/C18H32F3N5O.HI/c1-22-17(23-8-4-3-7-18(19,20)21)26-13-11-24(12-14-26)15-16(27)25-9-5-2-6-10-25;/h2-15H2,1H3,(H,22,23);1H. The molecular weight excluding hydrogens is 486 g/mol. The Morgan fingerprint density at radius 3 is 2.18 bits per heavy atom. The molecule has 2 heterocycles. The molecule has 2 saturated heterocycles. The van der Waals surface area contributed by atoms with Crippen molar-refractivity contribution in [2.24, 2.45) is 4.99 Å². The summed E-state index contributed by atoms with van der Waals surface area (Å²) in [7, 11) is 1.68. The van der Waals surface area contributed by atoms with E-state index >= 15 is 0 Å². The van der Waals surface area contributed by atoms with Gasteiger partial charge < -0.3 is 15.1 Å². The molecule has 10 heteroatoms. The quantitative estimate of drug-likeness (QED) is 0.254. The number of piperazine rings is 1. The average molecular weight is 519 g/mol. The Morgan fingerprint density at radius 1 is 0.964 bits per heavy atom. The molecule has 164 valence electrons. The number of rotatable bonds is 6. The zero-order valence-corrected chi connectivity index (χ0v) is 19.0. The molecule has 0 aromatic heterocycles. The summed E-state index contributed by atoms with van der Waals surface area (Å²) in [6.07, 6.45) is -0.816. The Morgan fingerprint density at radius 2 is 1.61 bits per heavy atom. The normalized spacial score (nSPS) is 19.4. The van der Waals surface area contributed by atoms with Gasteiger partial charge in [0, 0.05) is 59.3 Å². The lowest BCUT2D eigenvalue weighted by Gasteiger charge is -2.37. The number of hydrogen-bond donors (Lipinski definition) is 1. The Kier molecular flexibility index (Phi) is 11.5. The maximum Gasteiger partial charge on any atom is 0.389 e. The van der Waals surface area contributed by atoms with Crippen LogP contribution in [-0.4, -0.2) is 92.1 Å². The topological polar surface area (TPSA) is 51.2 Å². The molecule has 0 radical (unpaired) electrons. The number of unbranched alkanes of at least 4 members (excludes halogenated alkanes) is 1. The average Bonchev–Trinajstić information content (AvgIpc) is 2.65. The lowest BCUT2D eigenvalue weighted by Crippen LogP contribution is -2.54. The SMILES string of the molecule is CN=C(NCCCCC(F)(F)F)N1CCN(CC(=O)N2CCCCC2)CC1.I. The number of nitrogens with zero attached hydrogens (tertiary/aromatic N) is 4. The Balaban J connectivity index is 0.00000392. The number of guanidine groups is 1. The molecule has 2 aliphatic heterocycles. The number of amides is 1. The van der Waals surface area contributed by atoms with Crippen molar-refractivity contribution in [2.75, 3.05) is 59.4 Å². The predicted octanol–water partition coefficient (Wildman–Crippen LogP) is 2.54. The first-order chi connectivity index (χ1) is 12.9. The van der Waals surface area contributed by atoms with Crippen molar-refractivity contribution >= 4 is 35.8 Å². The number of alkyl halides is 3. The highest BCUT2D eigenvalue weighted by atomic mass is 127. The zero-order valence-electron chi connectivity index (χ0n) is 16.6. The molecule has 0 saturated carbocycles. The summed E-state index contributed by atoms with van der Waals surface area (Å²) in [5.41, 5.74) is 0. The van der Waals surface area contributed by atoms with Gasteiger partial charge in [-0.15, -0.1) is 24.0 Å². The van der Waals surface area contributed by atoms with Gasteiger partial charge in [-0.2, -0.15) is 13.2 Å². The van der Waals surface area contributed by atoms with Crippen LogP contribution in [0, 0.1) is 0 Å². The largest absolute Gasteiger partial charge is 0.389 e. The number of carbonyl (C=O) groups is 1. The molecule has 0 bridgehead atoms. The van der Waals surface area contributed by atoms with Crippen LogP contribution in [-0.2, 0) is 4.79 Å². The van der Waals surface area contributed by atoms with Crippen molar-refractivity contribution in [3.05, 3.63) is 0 Å². The van der Waals surface area contributed by atoms with E-state index in [1.165, 1.54) is 6.42 Å². The molecule has 0 aromatic carbocycles. The van der Waals surface area contributed by atoms with Crippen molar-refractivity contribution in [1.29, 1.82) is 0 Å². The molecule has 2 fully saturated rings. The summed E-state index contributed by atoms with van der Waals surface area (Å²) in [6, 6.07) is 0. The monoisotopic (exact) mass is 519 g/mol. The predicted molar refractivity (Wildman–Crippen MR) is 115 cm³/mol. The highest BCUT2D eigenvalue weighted by Gasteiger charge is 2.26. The third kappa shape index (κ3) is 9.15. The molecule has 0 spiro atoms. The van der Waals surface area contributed by atoms with Crippen LogP contribution >= 0.6 is 24.0 Å². The highest BCUT2D eigenvalue weighted by molar-refractivity contribution is 14.0. The molecule has 0 aliphatic carbocycles. The molecule has 28 heavy (non-hydrogen) atoms. The molecule has 0 unspecified atom stereocenters. The van der Waals surface area contributed by atoms with Crippen LogP contribution in [0.25, 0.3) is 0 Å². The van der Waals surface area contributed by atoms with Crippen molar-refractivity contribution in [1.82, 2.24) is 20.0 Å². The minimum Gasteiger partial charge on any atom is -0.356 e. The molecular formula is C18H33F3IN5O. The summed E-state index contributed by atoms with van der Waals surface area (Å²) < 4.78 is 36.5. The van der Waals surface area contributed by atoms with E-state index in [0.29, 0.717) is 19.5 Å². The molecule has 0 aromatic rings. The first kappa shape index (κ1) is 25.3. The van der Waals surface area contributed by atoms with Crippen LogP contribution in [0.2, 0.25) is 0 Å². The van der Waals surface area contributed by atoms with Gasteiger partial charge in [0.05, 0.1) is 6.54 Å². The fraction of sp³-hybridized carbons (Fsp3) is 0.889. The van der Waals surface area contributed by atoms with E-state index in [-0.39, 0.29) is 36.3 Å². The lowest BCUT2D eigenvalue weighted by molar-refractivity contribution is -0.135. The van der Waals surface area contributed by atoms with Gasteiger partial charge in [0.15, 0.2) is 5.96 Å². The summed E-state index contributed by atoms with van der Waals surface area (Å²) in [4.78, 5) is 22.8. The van der Waals surface area contributed by atoms with Gasteiger partial charge in [0.1, 0.15) is 0 Å². The van der Waals surface area contributed by atoms with E-state index < -0.39 is 12.6 Å². The fourth-order valence-electron chi connectivity index (χ4n) is 3.54. The summed E-state index contributed by atoms with van der Waals surface area (Å²) in [6.45, 7) is 5.80. The maximum atomic E-state index is 12.4. The number of aliphatic imine (C=N–C) groups is 1. The van der Waals surface area contributed by atoms with Gasteiger partial charge >= 0.3 is 6.18 Å². The fourth-order valence-corrected chi connectivity index (χ4v) is 3.54. The molecule has 0 atom stereocenters. The lowest BCUT2D eigenvalue weighted by atomic mass is 10.1. The molecule has 1 amide bonds.